The van der Waals surface area contributed by atoms with Gasteiger partial charge in [-0.3, -0.25) is 9.69 Å². The predicted molar refractivity (Wildman–Crippen MR) is 130 cm³/mol. The van der Waals surface area contributed by atoms with Crippen molar-refractivity contribution in [3.05, 3.63) is 64.1 Å². The number of hydrogen-bond acceptors (Lipinski definition) is 5. The van der Waals surface area contributed by atoms with E-state index in [1.807, 2.05) is 36.4 Å². The Morgan fingerprint density at radius 3 is 2.48 bits per heavy atom. The van der Waals surface area contributed by atoms with Crippen LogP contribution in [0.1, 0.15) is 18.5 Å². The first-order valence-electron chi connectivity index (χ1n) is 11.0. The zero-order chi connectivity index (χ0) is 23.4. The number of ether oxygens (including phenoxy) is 1. The Bertz CT molecular complexity index is 1040. The Balaban J connectivity index is 1.50. The van der Waals surface area contributed by atoms with Gasteiger partial charge in [0.15, 0.2) is 0 Å². The summed E-state index contributed by atoms with van der Waals surface area (Å²) >= 11 is 12.2. The summed E-state index contributed by atoms with van der Waals surface area (Å²) in [6.07, 6.45) is 0. The number of anilines is 1. The molecule has 0 saturated carbocycles. The van der Waals surface area contributed by atoms with Crippen molar-refractivity contribution in [2.24, 2.45) is 10.9 Å². The molecule has 0 radical (unpaired) electrons. The quantitative estimate of drug-likeness (QED) is 0.616. The van der Waals surface area contributed by atoms with Gasteiger partial charge in [0.1, 0.15) is 5.92 Å². The summed E-state index contributed by atoms with van der Waals surface area (Å²) in [5.41, 5.74) is 2.39. The van der Waals surface area contributed by atoms with Crippen molar-refractivity contribution >= 4 is 46.6 Å². The molecule has 2 aromatic carbocycles. The number of rotatable bonds is 6. The number of carbonyl (C=O) groups is 2. The van der Waals surface area contributed by atoms with E-state index in [0.29, 0.717) is 22.3 Å². The van der Waals surface area contributed by atoms with Crippen molar-refractivity contribution in [1.29, 1.82) is 0 Å². The lowest BCUT2D eigenvalue weighted by molar-refractivity contribution is -0.146. The van der Waals surface area contributed by atoms with Crippen LogP contribution < -0.4 is 10.2 Å². The molecule has 4 rings (SSSR count). The van der Waals surface area contributed by atoms with Crippen LogP contribution in [0.25, 0.3) is 0 Å². The van der Waals surface area contributed by atoms with Crippen molar-refractivity contribution < 1.29 is 14.3 Å². The van der Waals surface area contributed by atoms with Crippen LogP contribution in [0.2, 0.25) is 10.0 Å². The van der Waals surface area contributed by atoms with Crippen molar-refractivity contribution in [3.63, 3.8) is 0 Å². The summed E-state index contributed by atoms with van der Waals surface area (Å²) in [7, 11) is 0. The van der Waals surface area contributed by atoms with Crippen LogP contribution in [0.3, 0.4) is 0 Å². The third-order valence-corrected chi connectivity index (χ3v) is 6.40. The molecule has 0 aromatic heterocycles. The molecule has 2 unspecified atom stereocenters. The maximum Gasteiger partial charge on any atom is 0.341 e. The largest absolute Gasteiger partial charge is 0.465 e. The van der Waals surface area contributed by atoms with Crippen LogP contribution in [-0.2, 0) is 9.53 Å². The molecule has 7 nitrogen and oxygen atoms in total. The summed E-state index contributed by atoms with van der Waals surface area (Å²) in [5.74, 6) is -1.09. The second-order valence-electron chi connectivity index (χ2n) is 8.05. The van der Waals surface area contributed by atoms with Gasteiger partial charge in [-0.1, -0.05) is 41.4 Å². The Morgan fingerprint density at radius 2 is 1.82 bits per heavy atom. The molecule has 1 saturated heterocycles. The van der Waals surface area contributed by atoms with Crippen molar-refractivity contribution in [3.8, 4) is 0 Å². The van der Waals surface area contributed by atoms with Gasteiger partial charge in [-0.25, -0.2) is 9.79 Å². The number of carbonyl (C=O) groups excluding carboxylic acids is 2. The van der Waals surface area contributed by atoms with E-state index in [-0.39, 0.29) is 6.61 Å². The number of nitrogens with one attached hydrogen (secondary N) is 1. The number of nitrogens with zero attached hydrogens (tertiary/aromatic N) is 3. The number of esters is 1. The fourth-order valence-corrected chi connectivity index (χ4v) is 4.60. The van der Waals surface area contributed by atoms with E-state index in [1.165, 1.54) is 0 Å². The van der Waals surface area contributed by atoms with E-state index in [2.05, 4.69) is 20.1 Å². The average Bonchev–Trinajstić information content (AvgIpc) is 2.80. The van der Waals surface area contributed by atoms with Crippen LogP contribution in [0.4, 0.5) is 10.5 Å². The highest BCUT2D eigenvalue weighted by Gasteiger charge is 2.40. The Hall–Kier alpha value is -2.61. The second-order valence-corrected chi connectivity index (χ2v) is 8.93. The average molecular weight is 489 g/mol. The molecular formula is C24H26Cl2N4O3. The molecule has 2 aliphatic heterocycles. The van der Waals surface area contributed by atoms with E-state index >= 15 is 0 Å². The predicted octanol–water partition coefficient (Wildman–Crippen LogP) is 4.20. The number of piperazine rings is 1. The minimum atomic E-state index is -0.699. The summed E-state index contributed by atoms with van der Waals surface area (Å²) < 4.78 is 5.36. The van der Waals surface area contributed by atoms with Crippen molar-refractivity contribution in [2.75, 3.05) is 44.2 Å². The standard InChI is InChI=1S/C24H26Cl2N4O3/c1-2-33-23(31)21-20(27-24(32)28-22(21)16-6-8-17(25)9-7-16)15-29-10-12-30(13-11-29)19-5-3-4-18(26)14-19/h3-9,14,21-22H,2,10-13,15H2,1H3,(H,28,32). The molecular weight excluding hydrogens is 463 g/mol. The van der Waals surface area contributed by atoms with Crippen LogP contribution in [0.5, 0.6) is 0 Å². The van der Waals surface area contributed by atoms with E-state index in [9.17, 15) is 9.59 Å². The minimum Gasteiger partial charge on any atom is -0.465 e. The first-order chi connectivity index (χ1) is 15.9. The number of hydrogen-bond donors (Lipinski definition) is 1. The monoisotopic (exact) mass is 488 g/mol. The van der Waals surface area contributed by atoms with Gasteiger partial charge in [0.05, 0.1) is 18.4 Å². The normalized spacial score (nSPS) is 21.4. The molecule has 9 heteroatoms. The maximum atomic E-state index is 13.0. The number of amides is 2. The topological polar surface area (TPSA) is 74.2 Å². The lowest BCUT2D eigenvalue weighted by Crippen LogP contribution is -2.52. The van der Waals surface area contributed by atoms with Gasteiger partial charge < -0.3 is 15.0 Å². The second kappa shape index (κ2) is 10.5. The molecule has 2 aromatic rings. The lowest BCUT2D eigenvalue weighted by Gasteiger charge is -2.38. The third-order valence-electron chi connectivity index (χ3n) is 5.92. The van der Waals surface area contributed by atoms with E-state index in [4.69, 9.17) is 27.9 Å². The number of urea groups is 1. The molecule has 174 valence electrons. The Kier molecular flexibility index (Phi) is 7.53. The summed E-state index contributed by atoms with van der Waals surface area (Å²) in [5, 5.41) is 4.13. The van der Waals surface area contributed by atoms with E-state index in [0.717, 1.165) is 37.4 Å². The highest BCUT2D eigenvalue weighted by atomic mass is 35.5. The van der Waals surface area contributed by atoms with Gasteiger partial charge in [0, 0.05) is 48.5 Å². The van der Waals surface area contributed by atoms with Gasteiger partial charge >= 0.3 is 12.0 Å². The van der Waals surface area contributed by atoms with E-state index < -0.39 is 24.0 Å². The van der Waals surface area contributed by atoms with Crippen LogP contribution in [-0.4, -0.2) is 61.9 Å². The maximum absolute atomic E-state index is 13.0. The summed E-state index contributed by atoms with van der Waals surface area (Å²) in [4.78, 5) is 34.1. The van der Waals surface area contributed by atoms with Crippen LogP contribution in [0, 0.1) is 5.92 Å². The molecule has 2 aliphatic rings. The lowest BCUT2D eigenvalue weighted by atomic mass is 9.87. The SMILES string of the molecule is CCOC(=O)C1C(CN2CCN(c3cccc(Cl)c3)CC2)=NC(=O)NC1c1ccc(Cl)cc1. The molecule has 2 heterocycles. The molecule has 2 atom stereocenters. The fraction of sp³-hybridized carbons (Fsp3) is 0.375. The fourth-order valence-electron chi connectivity index (χ4n) is 4.29. The smallest absolute Gasteiger partial charge is 0.341 e. The van der Waals surface area contributed by atoms with Gasteiger partial charge in [-0.15, -0.1) is 0 Å². The van der Waals surface area contributed by atoms with Gasteiger partial charge in [0.25, 0.3) is 0 Å². The zero-order valence-corrected chi connectivity index (χ0v) is 19.9. The van der Waals surface area contributed by atoms with E-state index in [1.54, 1.807) is 19.1 Å². The first kappa shape index (κ1) is 23.5. The number of benzene rings is 2. The van der Waals surface area contributed by atoms with Crippen molar-refractivity contribution in [2.45, 2.75) is 13.0 Å². The molecule has 0 spiro atoms. The molecule has 0 aliphatic carbocycles. The van der Waals surface area contributed by atoms with Crippen LogP contribution >= 0.6 is 23.2 Å². The molecule has 0 bridgehead atoms. The van der Waals surface area contributed by atoms with Crippen LogP contribution in [0.15, 0.2) is 53.5 Å². The highest BCUT2D eigenvalue weighted by molar-refractivity contribution is 6.31. The van der Waals surface area contributed by atoms with Crippen molar-refractivity contribution in [1.82, 2.24) is 10.2 Å². The number of aliphatic imine (C=N–C) groups is 1. The highest BCUT2D eigenvalue weighted by Crippen LogP contribution is 2.30. The minimum absolute atomic E-state index is 0.252. The Labute approximate surface area is 203 Å². The summed E-state index contributed by atoms with van der Waals surface area (Å²) in [6, 6.07) is 13.9. The Morgan fingerprint density at radius 1 is 1.09 bits per heavy atom. The molecule has 1 fully saturated rings. The molecule has 2 amide bonds. The molecule has 1 N–H and O–H groups in total. The van der Waals surface area contributed by atoms with Gasteiger partial charge in [-0.2, -0.15) is 0 Å². The summed E-state index contributed by atoms with van der Waals surface area (Å²) in [6.45, 7) is 5.60. The zero-order valence-electron chi connectivity index (χ0n) is 18.3. The number of halogens is 2. The molecule has 33 heavy (non-hydrogen) atoms. The third kappa shape index (κ3) is 5.66. The van der Waals surface area contributed by atoms with Gasteiger partial charge in [0.2, 0.25) is 0 Å². The first-order valence-corrected chi connectivity index (χ1v) is 11.7. The van der Waals surface area contributed by atoms with Gasteiger partial charge in [-0.05, 0) is 42.8 Å².